The predicted octanol–water partition coefficient (Wildman–Crippen LogP) is 2.66. The Hall–Kier alpha value is -0.570. The highest BCUT2D eigenvalue weighted by molar-refractivity contribution is 5.85. The van der Waals surface area contributed by atoms with Crippen molar-refractivity contribution in [1.29, 1.82) is 0 Å². The Bertz CT molecular complexity index is 327. The van der Waals surface area contributed by atoms with Gasteiger partial charge in [-0.3, -0.25) is 0 Å². The molecule has 0 saturated heterocycles. The molecule has 1 aromatic carbocycles. The van der Waals surface area contributed by atoms with Crippen LogP contribution in [0.2, 0.25) is 0 Å². The maximum Gasteiger partial charge on any atom is 0.0795 e. The van der Waals surface area contributed by atoms with Crippen LogP contribution in [0, 0.1) is 5.92 Å². The van der Waals surface area contributed by atoms with Crippen LogP contribution in [-0.4, -0.2) is 6.10 Å². The van der Waals surface area contributed by atoms with Gasteiger partial charge in [-0.05, 0) is 17.0 Å². The molecule has 0 fully saturated rings. The third-order valence-corrected chi connectivity index (χ3v) is 2.86. The maximum absolute atomic E-state index is 6.17. The minimum Gasteiger partial charge on any atom is -0.371 e. The summed E-state index contributed by atoms with van der Waals surface area (Å²) >= 11 is 0. The van der Waals surface area contributed by atoms with Crippen LogP contribution in [0.4, 0.5) is 0 Å². The van der Waals surface area contributed by atoms with E-state index >= 15 is 0 Å². The molecule has 84 valence electrons. The molecule has 2 N–H and O–H groups in total. The molecule has 2 nitrogen and oxygen atoms in total. The lowest BCUT2D eigenvalue weighted by Crippen LogP contribution is -2.37. The number of nitrogens with two attached hydrogens (primary N) is 1. The molecule has 0 saturated carbocycles. The number of fused-ring (bicyclic) bond motifs is 1. The standard InChI is InChI=1S/C12H17NO.ClH/c1-8(2)12-11(13)10-6-4-3-5-9(10)7-14-12;/h3-6,8,11-12H,7,13H2,1-2H3;1H/t11-,12+;/m1./s1. The largest absolute Gasteiger partial charge is 0.371 e. The van der Waals surface area contributed by atoms with Crippen molar-refractivity contribution < 1.29 is 4.74 Å². The van der Waals surface area contributed by atoms with E-state index < -0.39 is 0 Å². The third kappa shape index (κ3) is 2.33. The SMILES string of the molecule is CC(C)[C@@H]1OCc2ccccc2[C@H]1N.Cl. The molecule has 2 rings (SSSR count). The Kier molecular flexibility index (Phi) is 4.14. The molecule has 3 heteroatoms. The van der Waals surface area contributed by atoms with Gasteiger partial charge in [0.05, 0.1) is 18.8 Å². The number of hydrogen-bond acceptors (Lipinski definition) is 2. The first-order valence-electron chi connectivity index (χ1n) is 5.15. The fraction of sp³-hybridized carbons (Fsp3) is 0.500. The Morgan fingerprint density at radius 2 is 2.00 bits per heavy atom. The first kappa shape index (κ1) is 12.5. The number of hydrogen-bond donors (Lipinski definition) is 1. The summed E-state index contributed by atoms with van der Waals surface area (Å²) < 4.78 is 5.75. The van der Waals surface area contributed by atoms with Crippen LogP contribution in [-0.2, 0) is 11.3 Å². The van der Waals surface area contributed by atoms with Crippen molar-refractivity contribution in [2.45, 2.75) is 32.6 Å². The molecule has 0 aromatic heterocycles. The number of benzene rings is 1. The van der Waals surface area contributed by atoms with E-state index in [9.17, 15) is 0 Å². The van der Waals surface area contributed by atoms with Crippen molar-refractivity contribution in [2.75, 3.05) is 0 Å². The molecule has 0 unspecified atom stereocenters. The van der Waals surface area contributed by atoms with E-state index in [1.54, 1.807) is 0 Å². The lowest BCUT2D eigenvalue weighted by Gasteiger charge is -2.33. The van der Waals surface area contributed by atoms with Gasteiger partial charge in [-0.1, -0.05) is 38.1 Å². The third-order valence-electron chi connectivity index (χ3n) is 2.86. The minimum absolute atomic E-state index is 0. The van der Waals surface area contributed by atoms with Gasteiger partial charge in [-0.15, -0.1) is 12.4 Å². The fourth-order valence-corrected chi connectivity index (χ4v) is 2.06. The van der Waals surface area contributed by atoms with E-state index in [2.05, 4.69) is 26.0 Å². The molecule has 0 spiro atoms. The Balaban J connectivity index is 0.00000112. The highest BCUT2D eigenvalue weighted by Crippen LogP contribution is 2.30. The summed E-state index contributed by atoms with van der Waals surface area (Å²) in [5, 5.41) is 0. The topological polar surface area (TPSA) is 35.2 Å². The van der Waals surface area contributed by atoms with Crippen LogP contribution in [0.15, 0.2) is 24.3 Å². The van der Waals surface area contributed by atoms with E-state index in [0.29, 0.717) is 12.5 Å². The van der Waals surface area contributed by atoms with Gasteiger partial charge in [0.25, 0.3) is 0 Å². The van der Waals surface area contributed by atoms with Crippen molar-refractivity contribution in [3.05, 3.63) is 35.4 Å². The quantitative estimate of drug-likeness (QED) is 0.801. The van der Waals surface area contributed by atoms with Crippen LogP contribution in [0.5, 0.6) is 0 Å². The number of halogens is 1. The first-order chi connectivity index (χ1) is 6.70. The lowest BCUT2D eigenvalue weighted by atomic mass is 9.89. The zero-order chi connectivity index (χ0) is 10.1. The second-order valence-corrected chi connectivity index (χ2v) is 4.24. The Labute approximate surface area is 97.2 Å². The van der Waals surface area contributed by atoms with E-state index in [1.807, 2.05) is 12.1 Å². The van der Waals surface area contributed by atoms with Crippen molar-refractivity contribution in [3.63, 3.8) is 0 Å². The van der Waals surface area contributed by atoms with Gasteiger partial charge in [0.1, 0.15) is 0 Å². The summed E-state index contributed by atoms with van der Waals surface area (Å²) in [6, 6.07) is 8.30. The monoisotopic (exact) mass is 227 g/mol. The molecule has 0 radical (unpaired) electrons. The molecule has 0 aliphatic carbocycles. The molecule has 1 aliphatic heterocycles. The van der Waals surface area contributed by atoms with Gasteiger partial charge in [0, 0.05) is 0 Å². The van der Waals surface area contributed by atoms with Crippen LogP contribution in [0.3, 0.4) is 0 Å². The minimum atomic E-state index is 0. The zero-order valence-corrected chi connectivity index (χ0v) is 9.96. The van der Waals surface area contributed by atoms with Crippen molar-refractivity contribution >= 4 is 12.4 Å². The highest BCUT2D eigenvalue weighted by atomic mass is 35.5. The van der Waals surface area contributed by atoms with E-state index in [0.717, 1.165) is 0 Å². The molecule has 0 amide bonds. The summed E-state index contributed by atoms with van der Waals surface area (Å²) in [7, 11) is 0. The fourth-order valence-electron chi connectivity index (χ4n) is 2.06. The van der Waals surface area contributed by atoms with Crippen molar-refractivity contribution in [3.8, 4) is 0 Å². The molecule has 0 bridgehead atoms. The maximum atomic E-state index is 6.17. The number of ether oxygens (including phenoxy) is 1. The second-order valence-electron chi connectivity index (χ2n) is 4.24. The molecular formula is C12H18ClNO. The number of rotatable bonds is 1. The highest BCUT2D eigenvalue weighted by Gasteiger charge is 2.29. The zero-order valence-electron chi connectivity index (χ0n) is 9.14. The predicted molar refractivity (Wildman–Crippen MR) is 64.0 cm³/mol. The van der Waals surface area contributed by atoms with Crippen LogP contribution >= 0.6 is 12.4 Å². The normalized spacial score (nSPS) is 24.5. The van der Waals surface area contributed by atoms with Gasteiger partial charge in [0.2, 0.25) is 0 Å². The smallest absolute Gasteiger partial charge is 0.0795 e. The average molecular weight is 228 g/mol. The Morgan fingerprint density at radius 3 is 2.67 bits per heavy atom. The van der Waals surface area contributed by atoms with Gasteiger partial charge in [-0.25, -0.2) is 0 Å². The van der Waals surface area contributed by atoms with Crippen LogP contribution in [0.1, 0.15) is 31.0 Å². The molecule has 1 heterocycles. The average Bonchev–Trinajstić information content (AvgIpc) is 2.18. The van der Waals surface area contributed by atoms with E-state index in [1.165, 1.54) is 11.1 Å². The Morgan fingerprint density at radius 1 is 1.33 bits per heavy atom. The lowest BCUT2D eigenvalue weighted by molar-refractivity contribution is -0.0194. The van der Waals surface area contributed by atoms with E-state index in [-0.39, 0.29) is 24.6 Å². The van der Waals surface area contributed by atoms with Gasteiger partial charge < -0.3 is 10.5 Å². The van der Waals surface area contributed by atoms with E-state index in [4.69, 9.17) is 10.5 Å². The summed E-state index contributed by atoms with van der Waals surface area (Å²) in [6.07, 6.45) is 0.157. The molecule has 15 heavy (non-hydrogen) atoms. The first-order valence-corrected chi connectivity index (χ1v) is 5.15. The summed E-state index contributed by atoms with van der Waals surface area (Å²) in [5.41, 5.74) is 8.65. The summed E-state index contributed by atoms with van der Waals surface area (Å²) in [4.78, 5) is 0. The summed E-state index contributed by atoms with van der Waals surface area (Å²) in [6.45, 7) is 5.00. The second kappa shape index (κ2) is 4.97. The van der Waals surface area contributed by atoms with Crippen LogP contribution < -0.4 is 5.73 Å². The van der Waals surface area contributed by atoms with Crippen molar-refractivity contribution in [1.82, 2.24) is 0 Å². The molecule has 1 aliphatic rings. The van der Waals surface area contributed by atoms with Gasteiger partial charge >= 0.3 is 0 Å². The van der Waals surface area contributed by atoms with Gasteiger partial charge in [-0.2, -0.15) is 0 Å². The van der Waals surface area contributed by atoms with Gasteiger partial charge in [0.15, 0.2) is 0 Å². The van der Waals surface area contributed by atoms with Crippen molar-refractivity contribution in [2.24, 2.45) is 11.7 Å². The summed E-state index contributed by atoms with van der Waals surface area (Å²) in [5.74, 6) is 0.471. The molecule has 2 atom stereocenters. The molecule has 1 aromatic rings. The van der Waals surface area contributed by atoms with Crippen LogP contribution in [0.25, 0.3) is 0 Å². The molecular weight excluding hydrogens is 210 g/mol.